The lowest BCUT2D eigenvalue weighted by Crippen LogP contribution is -2.27. The third-order valence-electron chi connectivity index (χ3n) is 2.45. The highest BCUT2D eigenvalue weighted by Crippen LogP contribution is 2.12. The summed E-state index contributed by atoms with van der Waals surface area (Å²) in [6, 6.07) is 6.58. The Balaban J connectivity index is 2.12. The molecule has 1 N–H and O–H groups in total. The molecular formula is C13H9Cl2FN2O2. The number of halogens is 3. The minimum atomic E-state index is -0.509. The highest BCUT2D eigenvalue weighted by Gasteiger charge is 2.08. The van der Waals surface area contributed by atoms with Crippen molar-refractivity contribution in [2.45, 2.75) is 6.54 Å². The van der Waals surface area contributed by atoms with Gasteiger partial charge in [-0.3, -0.25) is 9.59 Å². The lowest BCUT2D eigenvalue weighted by Gasteiger charge is -2.08. The molecule has 4 nitrogen and oxygen atoms in total. The number of pyridine rings is 1. The Kier molecular flexibility index (Phi) is 4.42. The van der Waals surface area contributed by atoms with Gasteiger partial charge in [0.15, 0.2) is 0 Å². The van der Waals surface area contributed by atoms with Crippen molar-refractivity contribution >= 4 is 34.8 Å². The maximum absolute atomic E-state index is 12.7. The van der Waals surface area contributed by atoms with E-state index >= 15 is 0 Å². The molecule has 2 aromatic rings. The van der Waals surface area contributed by atoms with Crippen LogP contribution in [0.3, 0.4) is 0 Å². The van der Waals surface area contributed by atoms with Gasteiger partial charge in [0.2, 0.25) is 5.91 Å². The number of benzene rings is 1. The molecule has 20 heavy (non-hydrogen) atoms. The fraction of sp³-hybridized carbons (Fsp3) is 0.0769. The molecule has 0 saturated heterocycles. The molecule has 1 heterocycles. The molecule has 1 aromatic carbocycles. The summed E-state index contributed by atoms with van der Waals surface area (Å²) in [5.41, 5.74) is -0.0807. The zero-order valence-electron chi connectivity index (χ0n) is 10.1. The summed E-state index contributed by atoms with van der Waals surface area (Å²) in [5, 5.41) is 2.72. The number of aromatic nitrogens is 1. The van der Waals surface area contributed by atoms with E-state index in [1.807, 2.05) is 0 Å². The molecule has 0 fully saturated rings. The van der Waals surface area contributed by atoms with Crippen molar-refractivity contribution in [2.75, 3.05) is 5.32 Å². The molecule has 0 saturated carbocycles. The van der Waals surface area contributed by atoms with Crippen LogP contribution < -0.4 is 10.9 Å². The lowest BCUT2D eigenvalue weighted by atomic mass is 10.3. The smallest absolute Gasteiger partial charge is 0.269 e. The second-order valence-corrected chi connectivity index (χ2v) is 4.84. The Hall–Kier alpha value is -1.85. The zero-order chi connectivity index (χ0) is 14.7. The van der Waals surface area contributed by atoms with Gasteiger partial charge in [0.25, 0.3) is 5.56 Å². The zero-order valence-corrected chi connectivity index (χ0v) is 11.6. The summed E-state index contributed by atoms with van der Waals surface area (Å²) in [6.07, 6.45) is 1.32. The SMILES string of the molecule is O=C(Cn1cc(Cl)cc(Cl)c1=O)Nc1ccc(F)cc1. The van der Waals surface area contributed by atoms with Crippen LogP contribution in [0.25, 0.3) is 0 Å². The van der Waals surface area contributed by atoms with E-state index in [0.717, 1.165) is 4.57 Å². The van der Waals surface area contributed by atoms with E-state index in [1.165, 1.54) is 36.5 Å². The molecule has 1 aromatic heterocycles. The van der Waals surface area contributed by atoms with Crippen LogP contribution in [0.1, 0.15) is 0 Å². The van der Waals surface area contributed by atoms with E-state index < -0.39 is 17.3 Å². The maximum Gasteiger partial charge on any atom is 0.269 e. The van der Waals surface area contributed by atoms with E-state index in [4.69, 9.17) is 23.2 Å². The van der Waals surface area contributed by atoms with Crippen molar-refractivity contribution in [3.8, 4) is 0 Å². The van der Waals surface area contributed by atoms with Crippen molar-refractivity contribution in [3.63, 3.8) is 0 Å². The number of nitrogens with zero attached hydrogens (tertiary/aromatic N) is 1. The molecular weight excluding hydrogens is 306 g/mol. The number of hydrogen-bond donors (Lipinski definition) is 1. The van der Waals surface area contributed by atoms with E-state index in [1.54, 1.807) is 0 Å². The molecule has 0 unspecified atom stereocenters. The predicted octanol–water partition coefficient (Wildman–Crippen LogP) is 2.93. The number of carbonyl (C=O) groups excluding carboxylic acids is 1. The second-order valence-electron chi connectivity index (χ2n) is 3.99. The van der Waals surface area contributed by atoms with Gasteiger partial charge in [-0.25, -0.2) is 4.39 Å². The Labute approximate surface area is 123 Å². The average Bonchev–Trinajstić information content (AvgIpc) is 2.38. The topological polar surface area (TPSA) is 51.1 Å². The van der Waals surface area contributed by atoms with E-state index in [-0.39, 0.29) is 16.6 Å². The van der Waals surface area contributed by atoms with Crippen molar-refractivity contribution in [1.82, 2.24) is 4.57 Å². The molecule has 0 aliphatic carbocycles. The van der Waals surface area contributed by atoms with Gasteiger partial charge in [0.1, 0.15) is 17.4 Å². The van der Waals surface area contributed by atoms with Crippen molar-refractivity contribution in [3.05, 3.63) is 62.7 Å². The number of amides is 1. The van der Waals surface area contributed by atoms with Gasteiger partial charge in [-0.15, -0.1) is 0 Å². The molecule has 7 heteroatoms. The number of carbonyl (C=O) groups is 1. The molecule has 0 spiro atoms. The molecule has 0 bridgehead atoms. The first-order valence-corrected chi connectivity index (χ1v) is 6.32. The lowest BCUT2D eigenvalue weighted by molar-refractivity contribution is -0.116. The Morgan fingerprint density at radius 3 is 2.55 bits per heavy atom. The van der Waals surface area contributed by atoms with Crippen LogP contribution in [0.5, 0.6) is 0 Å². The molecule has 0 aliphatic heterocycles. The van der Waals surface area contributed by atoms with Crippen LogP contribution in [0, 0.1) is 5.82 Å². The van der Waals surface area contributed by atoms with Crippen LogP contribution >= 0.6 is 23.2 Å². The van der Waals surface area contributed by atoms with Gasteiger partial charge in [-0.05, 0) is 30.3 Å². The number of hydrogen-bond acceptors (Lipinski definition) is 2. The third kappa shape index (κ3) is 3.59. The average molecular weight is 315 g/mol. The summed E-state index contributed by atoms with van der Waals surface area (Å²) in [7, 11) is 0. The molecule has 104 valence electrons. The Morgan fingerprint density at radius 2 is 1.90 bits per heavy atom. The van der Waals surface area contributed by atoms with Gasteiger partial charge >= 0.3 is 0 Å². The van der Waals surface area contributed by atoms with Crippen molar-refractivity contribution < 1.29 is 9.18 Å². The largest absolute Gasteiger partial charge is 0.325 e. The third-order valence-corrected chi connectivity index (χ3v) is 2.93. The fourth-order valence-corrected chi connectivity index (χ4v) is 2.08. The minimum Gasteiger partial charge on any atom is -0.325 e. The number of anilines is 1. The van der Waals surface area contributed by atoms with Crippen LogP contribution in [0.2, 0.25) is 10.0 Å². The normalized spacial score (nSPS) is 10.3. The van der Waals surface area contributed by atoms with Crippen LogP contribution in [0.4, 0.5) is 10.1 Å². The van der Waals surface area contributed by atoms with Crippen molar-refractivity contribution in [2.24, 2.45) is 0 Å². The summed E-state index contributed by atoms with van der Waals surface area (Å²) in [4.78, 5) is 23.5. The summed E-state index contributed by atoms with van der Waals surface area (Å²) < 4.78 is 13.8. The number of nitrogens with one attached hydrogen (secondary N) is 1. The van der Waals surface area contributed by atoms with Gasteiger partial charge in [-0.1, -0.05) is 23.2 Å². The van der Waals surface area contributed by atoms with E-state index in [0.29, 0.717) is 5.69 Å². The first-order valence-electron chi connectivity index (χ1n) is 5.56. The fourth-order valence-electron chi connectivity index (χ4n) is 1.57. The van der Waals surface area contributed by atoms with Crippen LogP contribution in [0.15, 0.2) is 41.3 Å². The highest BCUT2D eigenvalue weighted by atomic mass is 35.5. The Morgan fingerprint density at radius 1 is 1.25 bits per heavy atom. The maximum atomic E-state index is 12.7. The quantitative estimate of drug-likeness (QED) is 0.947. The number of rotatable bonds is 3. The molecule has 0 atom stereocenters. The van der Waals surface area contributed by atoms with Crippen molar-refractivity contribution in [1.29, 1.82) is 0 Å². The molecule has 1 amide bonds. The van der Waals surface area contributed by atoms with Gasteiger partial charge in [-0.2, -0.15) is 0 Å². The standard InChI is InChI=1S/C13H9Cl2FN2O2/c14-8-5-11(15)13(20)18(6-8)7-12(19)17-10-3-1-9(16)2-4-10/h1-6H,7H2,(H,17,19). The Bertz CT molecular complexity index is 699. The summed E-state index contributed by atoms with van der Waals surface area (Å²) in [6.45, 7) is -0.240. The van der Waals surface area contributed by atoms with E-state index in [2.05, 4.69) is 5.32 Å². The second kappa shape index (κ2) is 6.07. The van der Waals surface area contributed by atoms with Gasteiger partial charge in [0, 0.05) is 11.9 Å². The molecule has 0 aliphatic rings. The van der Waals surface area contributed by atoms with Gasteiger partial charge < -0.3 is 9.88 Å². The summed E-state index contributed by atoms with van der Waals surface area (Å²) in [5.74, 6) is -0.849. The molecule has 0 radical (unpaired) electrons. The molecule has 2 rings (SSSR count). The minimum absolute atomic E-state index is 0.0629. The first kappa shape index (κ1) is 14.6. The van der Waals surface area contributed by atoms with Crippen LogP contribution in [-0.4, -0.2) is 10.5 Å². The van der Waals surface area contributed by atoms with Crippen LogP contribution in [-0.2, 0) is 11.3 Å². The van der Waals surface area contributed by atoms with E-state index in [9.17, 15) is 14.0 Å². The predicted molar refractivity (Wildman–Crippen MR) is 75.8 cm³/mol. The monoisotopic (exact) mass is 314 g/mol. The van der Waals surface area contributed by atoms with Gasteiger partial charge in [0.05, 0.1) is 5.02 Å². The first-order chi connectivity index (χ1) is 9.45. The summed E-state index contributed by atoms with van der Waals surface area (Å²) >= 11 is 11.5. The highest BCUT2D eigenvalue weighted by molar-refractivity contribution is 6.34.